The number of carbonyl (C=O) groups excluding carboxylic acids is 1. The third-order valence-corrected chi connectivity index (χ3v) is 3.69. The van der Waals surface area contributed by atoms with Gasteiger partial charge in [-0.2, -0.15) is 0 Å². The predicted molar refractivity (Wildman–Crippen MR) is 75.0 cm³/mol. The summed E-state index contributed by atoms with van der Waals surface area (Å²) in [5.41, 5.74) is 1.02. The van der Waals surface area contributed by atoms with Gasteiger partial charge in [-0.3, -0.25) is 4.79 Å². The van der Waals surface area contributed by atoms with Crippen molar-refractivity contribution < 1.29 is 19.4 Å². The Hall–Kier alpha value is -1.75. The molecule has 110 valence electrons. The first-order valence-electron chi connectivity index (χ1n) is 6.78. The number of likely N-dealkylation sites (tertiary alicyclic amines) is 1. The highest BCUT2D eigenvalue weighted by Gasteiger charge is 2.28. The molecular weight excluding hydrogens is 258 g/mol. The van der Waals surface area contributed by atoms with Crippen LogP contribution >= 0.6 is 0 Å². The monoisotopic (exact) mass is 279 g/mol. The van der Waals surface area contributed by atoms with Crippen molar-refractivity contribution in [1.29, 1.82) is 0 Å². The third kappa shape index (κ3) is 3.04. The van der Waals surface area contributed by atoms with E-state index < -0.39 is 0 Å². The Labute approximate surface area is 119 Å². The molecule has 1 fully saturated rings. The summed E-state index contributed by atoms with van der Waals surface area (Å²) in [7, 11) is 3.22. The molecule has 1 atom stereocenters. The quantitative estimate of drug-likeness (QED) is 0.847. The molecule has 0 saturated carbocycles. The van der Waals surface area contributed by atoms with Gasteiger partial charge in [-0.1, -0.05) is 12.1 Å². The summed E-state index contributed by atoms with van der Waals surface area (Å²) < 4.78 is 10.6. The van der Waals surface area contributed by atoms with Gasteiger partial charge in [-0.05, 0) is 18.1 Å². The molecule has 1 N–H and O–H groups in total. The minimum absolute atomic E-state index is 0.0741. The lowest BCUT2D eigenvalue weighted by atomic mass is 10.1. The molecular formula is C15H21NO4. The van der Waals surface area contributed by atoms with E-state index in [1.54, 1.807) is 19.1 Å². The number of ether oxygens (including phenoxy) is 2. The Morgan fingerprint density at radius 3 is 2.75 bits per heavy atom. The van der Waals surface area contributed by atoms with Crippen LogP contribution in [0, 0.1) is 5.92 Å². The maximum absolute atomic E-state index is 11.8. The van der Waals surface area contributed by atoms with Crippen molar-refractivity contribution in [2.24, 2.45) is 5.92 Å². The summed E-state index contributed by atoms with van der Waals surface area (Å²) in [6.45, 7) is 1.35. The summed E-state index contributed by atoms with van der Waals surface area (Å²) >= 11 is 0. The fourth-order valence-electron chi connectivity index (χ4n) is 2.60. The van der Waals surface area contributed by atoms with Crippen LogP contribution in [0.15, 0.2) is 18.2 Å². The van der Waals surface area contributed by atoms with Gasteiger partial charge in [0, 0.05) is 32.0 Å². The standard InChI is InChI=1S/C15H21NO4/c1-19-13-5-3-4-12(15(13)20-2)6-7-16-9-11(10-17)8-14(16)18/h3-5,11,17H,6-10H2,1-2H3. The molecule has 0 aromatic heterocycles. The number of aliphatic hydroxyl groups excluding tert-OH is 1. The number of nitrogens with zero attached hydrogens (tertiary/aromatic N) is 1. The molecule has 5 nitrogen and oxygen atoms in total. The predicted octanol–water partition coefficient (Wildman–Crippen LogP) is 1.09. The molecule has 1 amide bonds. The number of hydrogen-bond donors (Lipinski definition) is 1. The van der Waals surface area contributed by atoms with Crippen LogP contribution in [0.4, 0.5) is 0 Å². The molecule has 1 aromatic carbocycles. The molecule has 1 aliphatic heterocycles. The Bertz CT molecular complexity index is 475. The Morgan fingerprint density at radius 1 is 1.35 bits per heavy atom. The normalized spacial score (nSPS) is 18.4. The molecule has 1 aromatic rings. The van der Waals surface area contributed by atoms with Gasteiger partial charge in [-0.25, -0.2) is 0 Å². The summed E-state index contributed by atoms with van der Waals surface area (Å²) in [6.07, 6.45) is 1.16. The summed E-state index contributed by atoms with van der Waals surface area (Å²) in [4.78, 5) is 13.6. The van der Waals surface area contributed by atoms with Gasteiger partial charge in [0.1, 0.15) is 0 Å². The first kappa shape index (κ1) is 14.7. The van der Waals surface area contributed by atoms with Crippen LogP contribution < -0.4 is 9.47 Å². The van der Waals surface area contributed by atoms with E-state index in [1.165, 1.54) is 0 Å². The number of para-hydroxylation sites is 1. The first-order chi connectivity index (χ1) is 9.69. The van der Waals surface area contributed by atoms with Crippen LogP contribution in [0.25, 0.3) is 0 Å². The number of benzene rings is 1. The highest BCUT2D eigenvalue weighted by Crippen LogP contribution is 2.31. The smallest absolute Gasteiger partial charge is 0.223 e. The zero-order chi connectivity index (χ0) is 14.5. The van der Waals surface area contributed by atoms with E-state index in [0.29, 0.717) is 31.7 Å². The van der Waals surface area contributed by atoms with Crippen LogP contribution in [0.2, 0.25) is 0 Å². The molecule has 0 bridgehead atoms. The number of hydrogen-bond acceptors (Lipinski definition) is 4. The van der Waals surface area contributed by atoms with Crippen molar-refractivity contribution in [2.75, 3.05) is 33.9 Å². The Morgan fingerprint density at radius 2 is 2.15 bits per heavy atom. The van der Waals surface area contributed by atoms with Crippen LogP contribution in [0.3, 0.4) is 0 Å². The average Bonchev–Trinajstić information content (AvgIpc) is 2.84. The number of methoxy groups -OCH3 is 2. The molecule has 1 heterocycles. The minimum Gasteiger partial charge on any atom is -0.493 e. The van der Waals surface area contributed by atoms with Gasteiger partial charge in [0.25, 0.3) is 0 Å². The summed E-state index contributed by atoms with van der Waals surface area (Å²) in [6, 6.07) is 5.75. The summed E-state index contributed by atoms with van der Waals surface area (Å²) in [5.74, 6) is 1.62. The van der Waals surface area contributed by atoms with E-state index >= 15 is 0 Å². The maximum Gasteiger partial charge on any atom is 0.223 e. The highest BCUT2D eigenvalue weighted by atomic mass is 16.5. The fourth-order valence-corrected chi connectivity index (χ4v) is 2.60. The number of rotatable bonds is 6. The highest BCUT2D eigenvalue weighted by molar-refractivity contribution is 5.78. The molecule has 1 saturated heterocycles. The first-order valence-corrected chi connectivity index (χ1v) is 6.78. The molecule has 5 heteroatoms. The maximum atomic E-state index is 11.8. The molecule has 20 heavy (non-hydrogen) atoms. The van der Waals surface area contributed by atoms with Crippen LogP contribution in [0.5, 0.6) is 11.5 Å². The van der Waals surface area contributed by atoms with Gasteiger partial charge < -0.3 is 19.5 Å². The third-order valence-electron chi connectivity index (χ3n) is 3.69. The van der Waals surface area contributed by atoms with Crippen molar-refractivity contribution >= 4 is 5.91 Å². The minimum atomic E-state index is 0.0741. The second-order valence-corrected chi connectivity index (χ2v) is 5.00. The molecule has 0 spiro atoms. The zero-order valence-corrected chi connectivity index (χ0v) is 12.0. The number of amides is 1. The van der Waals surface area contributed by atoms with Crippen LogP contribution in [-0.4, -0.2) is 49.8 Å². The molecule has 1 aliphatic rings. The van der Waals surface area contributed by atoms with Crippen LogP contribution in [-0.2, 0) is 11.2 Å². The lowest BCUT2D eigenvalue weighted by Gasteiger charge is -2.18. The van der Waals surface area contributed by atoms with Gasteiger partial charge in [0.2, 0.25) is 5.91 Å². The van der Waals surface area contributed by atoms with E-state index in [4.69, 9.17) is 14.6 Å². The fraction of sp³-hybridized carbons (Fsp3) is 0.533. The van der Waals surface area contributed by atoms with Gasteiger partial charge in [0.05, 0.1) is 14.2 Å². The van der Waals surface area contributed by atoms with Gasteiger partial charge in [-0.15, -0.1) is 0 Å². The lowest BCUT2D eigenvalue weighted by molar-refractivity contribution is -0.127. The lowest BCUT2D eigenvalue weighted by Crippen LogP contribution is -2.28. The number of aliphatic hydroxyl groups is 1. The van der Waals surface area contributed by atoms with Crippen molar-refractivity contribution in [3.8, 4) is 11.5 Å². The van der Waals surface area contributed by atoms with Crippen LogP contribution in [0.1, 0.15) is 12.0 Å². The second kappa shape index (κ2) is 6.61. The van der Waals surface area contributed by atoms with Crippen molar-refractivity contribution in [1.82, 2.24) is 4.90 Å². The van der Waals surface area contributed by atoms with E-state index in [0.717, 1.165) is 11.3 Å². The molecule has 0 radical (unpaired) electrons. The summed E-state index contributed by atoms with van der Waals surface area (Å²) in [5, 5.41) is 9.12. The van der Waals surface area contributed by atoms with Crippen molar-refractivity contribution in [3.05, 3.63) is 23.8 Å². The van der Waals surface area contributed by atoms with Gasteiger partial charge >= 0.3 is 0 Å². The Kier molecular flexibility index (Phi) is 4.84. The van der Waals surface area contributed by atoms with E-state index in [9.17, 15) is 4.79 Å². The van der Waals surface area contributed by atoms with E-state index in [2.05, 4.69) is 0 Å². The average molecular weight is 279 g/mol. The zero-order valence-electron chi connectivity index (χ0n) is 12.0. The molecule has 0 aliphatic carbocycles. The van der Waals surface area contributed by atoms with Gasteiger partial charge in [0.15, 0.2) is 11.5 Å². The molecule has 2 rings (SSSR count). The Balaban J connectivity index is 2.02. The largest absolute Gasteiger partial charge is 0.493 e. The van der Waals surface area contributed by atoms with E-state index in [1.807, 2.05) is 18.2 Å². The SMILES string of the molecule is COc1cccc(CCN2CC(CO)CC2=O)c1OC. The number of carbonyl (C=O) groups is 1. The molecule has 1 unspecified atom stereocenters. The van der Waals surface area contributed by atoms with Crippen molar-refractivity contribution in [2.45, 2.75) is 12.8 Å². The second-order valence-electron chi connectivity index (χ2n) is 5.00. The topological polar surface area (TPSA) is 59.0 Å². The van der Waals surface area contributed by atoms with Crippen molar-refractivity contribution in [3.63, 3.8) is 0 Å². The van der Waals surface area contributed by atoms with E-state index in [-0.39, 0.29) is 18.4 Å².